The molecular formula is C11H10BrClN2S. The molecule has 0 fully saturated rings. The van der Waals surface area contributed by atoms with Gasteiger partial charge in [0.2, 0.25) is 0 Å². The van der Waals surface area contributed by atoms with Crippen LogP contribution in [0.4, 0.5) is 5.82 Å². The summed E-state index contributed by atoms with van der Waals surface area (Å²) in [5.74, 6) is 0.865. The van der Waals surface area contributed by atoms with Crippen molar-refractivity contribution in [2.75, 3.05) is 5.32 Å². The molecule has 5 heteroatoms. The van der Waals surface area contributed by atoms with Crippen LogP contribution in [-0.2, 0) is 6.54 Å². The van der Waals surface area contributed by atoms with E-state index in [0.29, 0.717) is 0 Å². The molecule has 2 heterocycles. The number of rotatable bonds is 3. The van der Waals surface area contributed by atoms with E-state index in [-0.39, 0.29) is 0 Å². The number of pyridine rings is 1. The number of halogens is 2. The second-order valence-electron chi connectivity index (χ2n) is 3.35. The highest BCUT2D eigenvalue weighted by atomic mass is 79.9. The van der Waals surface area contributed by atoms with Crippen molar-refractivity contribution in [1.82, 2.24) is 4.98 Å². The highest BCUT2D eigenvalue weighted by Gasteiger charge is 2.04. The van der Waals surface area contributed by atoms with Crippen molar-refractivity contribution in [2.24, 2.45) is 0 Å². The number of aromatic nitrogens is 1. The number of nitrogens with zero attached hydrogens (tertiary/aromatic N) is 1. The highest BCUT2D eigenvalue weighted by molar-refractivity contribution is 9.10. The van der Waals surface area contributed by atoms with Crippen LogP contribution in [0.1, 0.15) is 10.4 Å². The normalized spacial score (nSPS) is 10.4. The van der Waals surface area contributed by atoms with Crippen LogP contribution in [0.25, 0.3) is 0 Å². The predicted octanol–water partition coefficient (Wildman–Crippen LogP) is 4.48. The van der Waals surface area contributed by atoms with Gasteiger partial charge in [-0.25, -0.2) is 4.98 Å². The number of nitrogens with one attached hydrogen (secondary N) is 1. The van der Waals surface area contributed by atoms with Gasteiger partial charge in [0.25, 0.3) is 0 Å². The molecule has 0 aliphatic rings. The summed E-state index contributed by atoms with van der Waals surface area (Å²) < 4.78 is 1.82. The van der Waals surface area contributed by atoms with Crippen molar-refractivity contribution in [3.63, 3.8) is 0 Å². The standard InChI is InChI=1S/C11H10BrClN2S/c1-7-4-5-14-11(10(7)12)15-6-8-2-3-9(13)16-8/h2-5H,6H2,1H3,(H,14,15). The molecule has 84 valence electrons. The zero-order chi connectivity index (χ0) is 11.5. The molecule has 0 aromatic carbocycles. The SMILES string of the molecule is Cc1ccnc(NCc2ccc(Cl)s2)c1Br. The molecule has 2 rings (SSSR count). The van der Waals surface area contributed by atoms with Gasteiger partial charge in [-0.15, -0.1) is 11.3 Å². The molecule has 0 aliphatic carbocycles. The smallest absolute Gasteiger partial charge is 0.140 e. The van der Waals surface area contributed by atoms with Crippen molar-refractivity contribution >= 4 is 44.7 Å². The van der Waals surface area contributed by atoms with Gasteiger partial charge in [-0.1, -0.05) is 11.6 Å². The molecular weight excluding hydrogens is 308 g/mol. The lowest BCUT2D eigenvalue weighted by molar-refractivity contribution is 1.12. The first-order chi connectivity index (χ1) is 7.66. The highest BCUT2D eigenvalue weighted by Crippen LogP contribution is 2.26. The Labute approximate surface area is 112 Å². The first kappa shape index (κ1) is 11.9. The van der Waals surface area contributed by atoms with Gasteiger partial charge in [-0.3, -0.25) is 0 Å². The Bertz CT molecular complexity index is 498. The Morgan fingerprint density at radius 3 is 2.94 bits per heavy atom. The summed E-state index contributed by atoms with van der Waals surface area (Å²) in [6.45, 7) is 2.78. The van der Waals surface area contributed by atoms with E-state index in [9.17, 15) is 0 Å². The average Bonchev–Trinajstić information content (AvgIpc) is 2.67. The van der Waals surface area contributed by atoms with E-state index in [2.05, 4.69) is 26.2 Å². The second kappa shape index (κ2) is 5.17. The van der Waals surface area contributed by atoms with Crippen LogP contribution in [0.3, 0.4) is 0 Å². The summed E-state index contributed by atoms with van der Waals surface area (Å²) in [5.41, 5.74) is 1.17. The Balaban J connectivity index is 2.07. The summed E-state index contributed by atoms with van der Waals surface area (Å²) in [5, 5.41) is 3.28. The van der Waals surface area contributed by atoms with Crippen LogP contribution < -0.4 is 5.32 Å². The summed E-state index contributed by atoms with van der Waals surface area (Å²) in [4.78, 5) is 5.47. The monoisotopic (exact) mass is 316 g/mol. The van der Waals surface area contributed by atoms with Gasteiger partial charge >= 0.3 is 0 Å². The number of anilines is 1. The molecule has 0 aliphatic heterocycles. The van der Waals surface area contributed by atoms with Gasteiger partial charge in [0.05, 0.1) is 15.4 Å². The van der Waals surface area contributed by atoms with Gasteiger partial charge in [0, 0.05) is 11.1 Å². The van der Waals surface area contributed by atoms with Crippen LogP contribution in [-0.4, -0.2) is 4.98 Å². The number of hydrogen-bond acceptors (Lipinski definition) is 3. The molecule has 0 saturated carbocycles. The van der Waals surface area contributed by atoms with E-state index in [0.717, 1.165) is 21.2 Å². The van der Waals surface area contributed by atoms with E-state index in [1.807, 2.05) is 25.1 Å². The van der Waals surface area contributed by atoms with Gasteiger partial charge in [-0.2, -0.15) is 0 Å². The lowest BCUT2D eigenvalue weighted by Gasteiger charge is -2.07. The molecule has 0 atom stereocenters. The summed E-state index contributed by atoms with van der Waals surface area (Å²) in [7, 11) is 0. The lowest BCUT2D eigenvalue weighted by Crippen LogP contribution is -2.01. The zero-order valence-corrected chi connectivity index (χ0v) is 11.8. The van der Waals surface area contributed by atoms with Crippen LogP contribution in [0, 0.1) is 6.92 Å². The Morgan fingerprint density at radius 2 is 2.25 bits per heavy atom. The lowest BCUT2D eigenvalue weighted by atomic mass is 10.3. The molecule has 2 aromatic heterocycles. The fraction of sp³-hybridized carbons (Fsp3) is 0.182. The number of aryl methyl sites for hydroxylation is 1. The third-order valence-electron chi connectivity index (χ3n) is 2.14. The maximum atomic E-state index is 5.86. The average molecular weight is 318 g/mol. The minimum absolute atomic E-state index is 0.742. The minimum atomic E-state index is 0.742. The van der Waals surface area contributed by atoms with Gasteiger partial charge < -0.3 is 5.32 Å². The summed E-state index contributed by atoms with van der Waals surface area (Å²) in [6, 6.07) is 5.89. The molecule has 0 unspecified atom stereocenters. The Morgan fingerprint density at radius 1 is 1.44 bits per heavy atom. The van der Waals surface area contributed by atoms with Crippen LogP contribution >= 0.6 is 38.9 Å². The van der Waals surface area contributed by atoms with Crippen molar-refractivity contribution in [3.8, 4) is 0 Å². The van der Waals surface area contributed by atoms with E-state index >= 15 is 0 Å². The maximum Gasteiger partial charge on any atom is 0.140 e. The molecule has 0 saturated heterocycles. The quantitative estimate of drug-likeness (QED) is 0.903. The van der Waals surface area contributed by atoms with Crippen molar-refractivity contribution in [3.05, 3.63) is 43.6 Å². The third kappa shape index (κ3) is 2.75. The van der Waals surface area contributed by atoms with Crippen LogP contribution in [0.5, 0.6) is 0 Å². The number of hydrogen-bond donors (Lipinski definition) is 1. The van der Waals surface area contributed by atoms with E-state index in [1.54, 1.807) is 17.5 Å². The molecule has 2 nitrogen and oxygen atoms in total. The van der Waals surface area contributed by atoms with Crippen LogP contribution in [0.2, 0.25) is 4.34 Å². The molecule has 1 N–H and O–H groups in total. The Kier molecular flexibility index (Phi) is 3.84. The molecule has 16 heavy (non-hydrogen) atoms. The fourth-order valence-electron chi connectivity index (χ4n) is 1.28. The molecule has 0 spiro atoms. The van der Waals surface area contributed by atoms with E-state index in [4.69, 9.17) is 11.6 Å². The number of thiophene rings is 1. The first-order valence-corrected chi connectivity index (χ1v) is 6.75. The minimum Gasteiger partial charge on any atom is -0.364 e. The van der Waals surface area contributed by atoms with Gasteiger partial charge in [0.1, 0.15) is 5.82 Å². The van der Waals surface area contributed by atoms with Gasteiger partial charge in [-0.05, 0) is 46.6 Å². The van der Waals surface area contributed by atoms with Gasteiger partial charge in [0.15, 0.2) is 0 Å². The topological polar surface area (TPSA) is 24.9 Å². The summed E-state index contributed by atoms with van der Waals surface area (Å²) in [6.07, 6.45) is 1.80. The molecule has 0 amide bonds. The predicted molar refractivity (Wildman–Crippen MR) is 73.3 cm³/mol. The van der Waals surface area contributed by atoms with Crippen molar-refractivity contribution in [2.45, 2.75) is 13.5 Å². The third-order valence-corrected chi connectivity index (χ3v) is 4.37. The van der Waals surface area contributed by atoms with Crippen molar-refractivity contribution < 1.29 is 0 Å². The molecule has 2 aromatic rings. The maximum absolute atomic E-state index is 5.86. The molecule has 0 radical (unpaired) electrons. The zero-order valence-electron chi connectivity index (χ0n) is 8.63. The van der Waals surface area contributed by atoms with Crippen LogP contribution in [0.15, 0.2) is 28.9 Å². The Hall–Kier alpha value is -0.580. The largest absolute Gasteiger partial charge is 0.364 e. The second-order valence-corrected chi connectivity index (χ2v) is 5.94. The van der Waals surface area contributed by atoms with E-state index in [1.165, 1.54) is 10.4 Å². The fourth-order valence-corrected chi connectivity index (χ4v) is 2.68. The van der Waals surface area contributed by atoms with E-state index < -0.39 is 0 Å². The molecule has 0 bridgehead atoms. The summed E-state index contributed by atoms with van der Waals surface area (Å²) >= 11 is 11.0. The van der Waals surface area contributed by atoms with Crippen molar-refractivity contribution in [1.29, 1.82) is 0 Å². The first-order valence-electron chi connectivity index (χ1n) is 4.76.